The van der Waals surface area contributed by atoms with Crippen LogP contribution >= 0.6 is 0 Å². The first-order valence-electron chi connectivity index (χ1n) is 19.4. The van der Waals surface area contributed by atoms with Crippen LogP contribution in [0.25, 0.3) is 16.6 Å². The molecule has 4 atom stereocenters. The van der Waals surface area contributed by atoms with Gasteiger partial charge in [0.2, 0.25) is 0 Å². The van der Waals surface area contributed by atoms with Crippen molar-refractivity contribution in [1.29, 1.82) is 0 Å². The van der Waals surface area contributed by atoms with Gasteiger partial charge in [-0.15, -0.1) is 0 Å². The van der Waals surface area contributed by atoms with Crippen LogP contribution in [0, 0.1) is 12.8 Å². The standard InChI is InChI=1S/C46H41N5O8/c1-26-12-11-17-30(41(26)53)40-29-18-21-50-44(56)49(20-19-33-43(55)48(2)36-25-38(59-4)37(58-3)24-34(36)47-33)45(57)51(50)35(29)23-32-42(54)31(27-13-7-5-8-14-27)22-39(52)46(32,40)28-15-9-6-10-16-28/h5-18,22,24-25,32,35,40,53H,19-21,23H2,1-4H3. The van der Waals surface area contributed by atoms with E-state index in [2.05, 4.69) is 4.98 Å². The average molecular weight is 792 g/mol. The van der Waals surface area contributed by atoms with Crippen molar-refractivity contribution in [1.82, 2.24) is 23.5 Å². The minimum Gasteiger partial charge on any atom is -0.507 e. The SMILES string of the molecule is COc1cc2nc(CCn3c(=O)n4n(c3=O)C3CC5C(=O)C(c6ccccc6)=CC(=O)C5(c5ccccc5)C(c5cccc(C)c5O)C3=CC4)c(=O)n(C)c2cc1OC. The van der Waals surface area contributed by atoms with Gasteiger partial charge in [0.1, 0.15) is 11.4 Å². The summed E-state index contributed by atoms with van der Waals surface area (Å²) in [5.41, 5.74) is 1.22. The Morgan fingerprint density at radius 3 is 2.27 bits per heavy atom. The Labute approximate surface area is 337 Å². The molecule has 3 aliphatic rings. The number of phenolic OH excluding ortho intramolecular Hbond substituents is 1. The van der Waals surface area contributed by atoms with Gasteiger partial charge < -0.3 is 19.1 Å². The van der Waals surface area contributed by atoms with Crippen molar-refractivity contribution in [2.75, 3.05) is 14.2 Å². The first-order chi connectivity index (χ1) is 28.5. The van der Waals surface area contributed by atoms with Crippen molar-refractivity contribution in [3.63, 3.8) is 0 Å². The van der Waals surface area contributed by atoms with E-state index in [1.807, 2.05) is 60.7 Å². The predicted molar refractivity (Wildman–Crippen MR) is 220 cm³/mol. The molecule has 59 heavy (non-hydrogen) atoms. The molecule has 0 bridgehead atoms. The van der Waals surface area contributed by atoms with Crippen LogP contribution in [0.15, 0.2) is 123 Å². The number of para-hydroxylation sites is 1. The molecule has 3 heterocycles. The van der Waals surface area contributed by atoms with Crippen molar-refractivity contribution < 1.29 is 24.2 Å². The number of hydrogen-bond acceptors (Lipinski definition) is 9. The minimum absolute atomic E-state index is 0.00359. The number of aromatic nitrogens is 5. The first-order valence-corrected chi connectivity index (χ1v) is 19.4. The van der Waals surface area contributed by atoms with Crippen LogP contribution in [0.3, 0.4) is 0 Å². The molecule has 0 amide bonds. The maximum atomic E-state index is 15.2. The smallest absolute Gasteiger partial charge is 0.347 e. The predicted octanol–water partition coefficient (Wildman–Crippen LogP) is 4.79. The average Bonchev–Trinajstić information content (AvgIpc) is 3.51. The molecule has 9 rings (SSSR count). The minimum atomic E-state index is -1.49. The van der Waals surface area contributed by atoms with Gasteiger partial charge in [-0.2, -0.15) is 0 Å². The van der Waals surface area contributed by atoms with E-state index in [0.717, 1.165) is 4.57 Å². The van der Waals surface area contributed by atoms with Crippen molar-refractivity contribution in [3.05, 3.63) is 168 Å². The number of methoxy groups -OCH3 is 2. The number of Topliss-reactive ketones (excluding diaryl/α,β-unsaturated/α-hetero) is 1. The zero-order valence-electron chi connectivity index (χ0n) is 32.9. The Balaban J connectivity index is 1.19. The van der Waals surface area contributed by atoms with Crippen LogP contribution < -0.4 is 26.4 Å². The highest BCUT2D eigenvalue weighted by Gasteiger charge is 2.63. The molecule has 1 saturated carbocycles. The van der Waals surface area contributed by atoms with E-state index in [1.165, 1.54) is 34.2 Å². The highest BCUT2D eigenvalue weighted by atomic mass is 16.5. The molecule has 6 aromatic rings. The Hall–Kier alpha value is -7.02. The summed E-state index contributed by atoms with van der Waals surface area (Å²) in [4.78, 5) is 77.4. The van der Waals surface area contributed by atoms with E-state index in [9.17, 15) is 19.5 Å². The molecule has 2 aromatic heterocycles. The van der Waals surface area contributed by atoms with E-state index >= 15 is 9.59 Å². The monoisotopic (exact) mass is 791 g/mol. The quantitative estimate of drug-likeness (QED) is 0.214. The van der Waals surface area contributed by atoms with Crippen LogP contribution in [-0.4, -0.2) is 54.4 Å². The lowest BCUT2D eigenvalue weighted by molar-refractivity contribution is -0.133. The number of rotatable bonds is 8. The third kappa shape index (κ3) is 5.51. The van der Waals surface area contributed by atoms with Gasteiger partial charge >= 0.3 is 11.4 Å². The molecule has 1 aliphatic heterocycles. The Morgan fingerprint density at radius 2 is 1.56 bits per heavy atom. The van der Waals surface area contributed by atoms with Gasteiger partial charge in [0.05, 0.1) is 43.3 Å². The fourth-order valence-electron chi connectivity index (χ4n) is 9.72. The number of carbonyl (C=O) groups is 2. The number of benzene rings is 4. The molecule has 1 N–H and O–H groups in total. The third-order valence-corrected chi connectivity index (χ3v) is 12.5. The molecule has 2 aliphatic carbocycles. The topological polar surface area (TPSA) is 157 Å². The zero-order valence-corrected chi connectivity index (χ0v) is 32.9. The number of nitrogens with zero attached hydrogens (tertiary/aromatic N) is 5. The fourth-order valence-corrected chi connectivity index (χ4v) is 9.72. The summed E-state index contributed by atoms with van der Waals surface area (Å²) in [6.45, 7) is 1.62. The summed E-state index contributed by atoms with van der Waals surface area (Å²) in [6, 6.07) is 26.1. The van der Waals surface area contributed by atoms with E-state index in [-0.39, 0.29) is 60.1 Å². The molecular formula is C46H41N5O8. The van der Waals surface area contributed by atoms with Gasteiger partial charge in [-0.05, 0) is 41.7 Å². The highest BCUT2D eigenvalue weighted by molar-refractivity contribution is 6.31. The number of aromatic hydroxyl groups is 1. The number of ether oxygens (including phenoxy) is 2. The number of allylic oxidation sites excluding steroid dienone is 4. The van der Waals surface area contributed by atoms with Crippen molar-refractivity contribution in [3.8, 4) is 17.2 Å². The normalized spacial score (nSPS) is 21.0. The molecule has 4 unspecified atom stereocenters. The summed E-state index contributed by atoms with van der Waals surface area (Å²) in [7, 11) is 4.62. The van der Waals surface area contributed by atoms with E-state index < -0.39 is 34.7 Å². The number of phenols is 1. The van der Waals surface area contributed by atoms with E-state index in [4.69, 9.17) is 9.47 Å². The summed E-state index contributed by atoms with van der Waals surface area (Å²) in [5, 5.41) is 11.8. The van der Waals surface area contributed by atoms with Crippen LogP contribution in [0.1, 0.15) is 46.3 Å². The number of fused-ring (bicyclic) bond motifs is 5. The van der Waals surface area contributed by atoms with Gasteiger partial charge in [-0.1, -0.05) is 84.9 Å². The van der Waals surface area contributed by atoms with Crippen LogP contribution in [0.5, 0.6) is 17.2 Å². The van der Waals surface area contributed by atoms with Crippen LogP contribution in [-0.2, 0) is 41.6 Å². The van der Waals surface area contributed by atoms with Crippen molar-refractivity contribution in [2.45, 2.75) is 50.2 Å². The molecule has 0 saturated heterocycles. The second-order valence-electron chi connectivity index (χ2n) is 15.4. The second kappa shape index (κ2) is 14.1. The summed E-state index contributed by atoms with van der Waals surface area (Å²) in [6.07, 6.45) is 3.31. The van der Waals surface area contributed by atoms with Gasteiger partial charge in [0.15, 0.2) is 23.1 Å². The van der Waals surface area contributed by atoms with Crippen LogP contribution in [0.4, 0.5) is 0 Å². The molecule has 13 nitrogen and oxygen atoms in total. The van der Waals surface area contributed by atoms with Crippen molar-refractivity contribution in [2.24, 2.45) is 13.0 Å². The summed E-state index contributed by atoms with van der Waals surface area (Å²) < 4.78 is 16.2. The number of ketones is 2. The van der Waals surface area contributed by atoms with E-state index in [0.29, 0.717) is 50.4 Å². The number of hydrogen-bond donors (Lipinski definition) is 1. The van der Waals surface area contributed by atoms with E-state index in [1.54, 1.807) is 50.4 Å². The van der Waals surface area contributed by atoms with Crippen molar-refractivity contribution >= 4 is 28.2 Å². The molecule has 4 aromatic carbocycles. The Morgan fingerprint density at radius 1 is 0.864 bits per heavy atom. The lowest BCUT2D eigenvalue weighted by Crippen LogP contribution is -2.58. The second-order valence-corrected chi connectivity index (χ2v) is 15.4. The lowest BCUT2D eigenvalue weighted by atomic mass is 9.47. The maximum absolute atomic E-state index is 15.2. The molecule has 13 heteroatoms. The van der Waals surface area contributed by atoms with Crippen LogP contribution in [0.2, 0.25) is 0 Å². The summed E-state index contributed by atoms with van der Waals surface area (Å²) >= 11 is 0. The lowest BCUT2D eigenvalue weighted by Gasteiger charge is -2.54. The zero-order chi connectivity index (χ0) is 41.3. The largest absolute Gasteiger partial charge is 0.507 e. The fraction of sp³-hybridized carbons (Fsp3) is 0.261. The molecular weight excluding hydrogens is 751 g/mol. The molecule has 0 radical (unpaired) electrons. The molecule has 298 valence electrons. The van der Waals surface area contributed by atoms with Gasteiger partial charge in [0.25, 0.3) is 5.56 Å². The number of carbonyl (C=O) groups excluding carboxylic acids is 2. The first kappa shape index (κ1) is 37.6. The Bertz CT molecular complexity index is 2970. The third-order valence-electron chi connectivity index (χ3n) is 12.5. The van der Waals surface area contributed by atoms with Gasteiger partial charge in [-0.3, -0.25) is 14.4 Å². The molecule has 1 fully saturated rings. The maximum Gasteiger partial charge on any atom is 0.347 e. The number of aryl methyl sites for hydroxylation is 3. The van der Waals surface area contributed by atoms with Gasteiger partial charge in [0, 0.05) is 55.1 Å². The van der Waals surface area contributed by atoms with Gasteiger partial charge in [-0.25, -0.2) is 28.5 Å². The molecule has 0 spiro atoms. The summed E-state index contributed by atoms with van der Waals surface area (Å²) in [5.74, 6) is -1.59. The Kier molecular flexibility index (Phi) is 8.98. The highest BCUT2D eigenvalue weighted by Crippen LogP contribution is 2.62.